The first kappa shape index (κ1) is 14.3. The fraction of sp³-hybridized carbons (Fsp3) is 0.923. The third-order valence-corrected chi connectivity index (χ3v) is 3.19. The van der Waals surface area contributed by atoms with Crippen LogP contribution in [0.5, 0.6) is 0 Å². The number of hydrogen-bond donors (Lipinski definition) is 1. The molecule has 1 saturated heterocycles. The molecule has 0 radical (unpaired) electrons. The number of likely N-dealkylation sites (tertiary alicyclic amines) is 1. The van der Waals surface area contributed by atoms with E-state index in [1.165, 1.54) is 0 Å². The Kier molecular flexibility index (Phi) is 4.07. The lowest BCUT2D eigenvalue weighted by atomic mass is 9.84. The van der Waals surface area contributed by atoms with Crippen molar-refractivity contribution in [3.8, 4) is 0 Å². The molecule has 0 spiro atoms. The second-order valence-corrected chi connectivity index (χ2v) is 6.48. The van der Waals surface area contributed by atoms with E-state index >= 15 is 0 Å². The van der Waals surface area contributed by atoms with E-state index in [1.54, 1.807) is 4.90 Å². The number of aliphatic hydroxyl groups is 1. The largest absolute Gasteiger partial charge is 0.444 e. The Bertz CT molecular complexity index is 281. The van der Waals surface area contributed by atoms with Crippen LogP contribution >= 0.6 is 0 Å². The van der Waals surface area contributed by atoms with Crippen molar-refractivity contribution in [3.05, 3.63) is 0 Å². The number of aliphatic hydroxyl groups excluding tert-OH is 1. The van der Waals surface area contributed by atoms with Gasteiger partial charge in [-0.05, 0) is 33.6 Å². The minimum Gasteiger partial charge on any atom is -0.444 e. The molecule has 1 amide bonds. The number of carbonyl (C=O) groups is 1. The first-order valence-corrected chi connectivity index (χ1v) is 6.28. The van der Waals surface area contributed by atoms with E-state index in [-0.39, 0.29) is 24.2 Å². The Labute approximate surface area is 104 Å². The minimum absolute atomic E-state index is 0.0716. The van der Waals surface area contributed by atoms with Gasteiger partial charge in [0, 0.05) is 18.0 Å². The fourth-order valence-electron chi connectivity index (χ4n) is 2.22. The first-order valence-electron chi connectivity index (χ1n) is 6.28. The van der Waals surface area contributed by atoms with Crippen LogP contribution in [0.15, 0.2) is 0 Å². The molecular weight excluding hydrogens is 218 g/mol. The maximum absolute atomic E-state index is 12.1. The molecule has 0 saturated carbocycles. The predicted octanol–water partition coefficient (Wildman–Crippen LogP) is 2.40. The Morgan fingerprint density at radius 1 is 1.35 bits per heavy atom. The van der Waals surface area contributed by atoms with Crippen molar-refractivity contribution in [3.63, 3.8) is 0 Å². The van der Waals surface area contributed by atoms with Crippen LogP contribution in [-0.4, -0.2) is 40.9 Å². The molecule has 17 heavy (non-hydrogen) atoms. The number of carbonyl (C=O) groups excluding carboxylic acids is 1. The summed E-state index contributed by atoms with van der Waals surface area (Å²) in [5, 5.41) is 9.41. The average molecular weight is 243 g/mol. The number of ether oxygens (including phenoxy) is 1. The van der Waals surface area contributed by atoms with Crippen LogP contribution in [0.2, 0.25) is 0 Å². The summed E-state index contributed by atoms with van der Waals surface area (Å²) in [6.07, 6.45) is 1.65. The van der Waals surface area contributed by atoms with E-state index in [0.29, 0.717) is 0 Å². The highest BCUT2D eigenvalue weighted by atomic mass is 16.6. The maximum Gasteiger partial charge on any atom is 0.410 e. The summed E-state index contributed by atoms with van der Waals surface area (Å²) in [4.78, 5) is 13.8. The van der Waals surface area contributed by atoms with Gasteiger partial charge in [0.15, 0.2) is 0 Å². The SMILES string of the molecule is CC(C)(C)OC(=O)N1CCCC1C(C)(C)CO. The van der Waals surface area contributed by atoms with Crippen molar-refractivity contribution in [1.29, 1.82) is 0 Å². The molecule has 100 valence electrons. The van der Waals surface area contributed by atoms with Gasteiger partial charge in [-0.3, -0.25) is 0 Å². The van der Waals surface area contributed by atoms with Gasteiger partial charge in [-0.2, -0.15) is 0 Å². The highest BCUT2D eigenvalue weighted by Crippen LogP contribution is 2.33. The summed E-state index contributed by atoms with van der Waals surface area (Å²) < 4.78 is 5.40. The van der Waals surface area contributed by atoms with Gasteiger partial charge in [0.1, 0.15) is 5.60 Å². The lowest BCUT2D eigenvalue weighted by molar-refractivity contribution is 0.00209. The van der Waals surface area contributed by atoms with Gasteiger partial charge in [0.05, 0.1) is 6.61 Å². The summed E-state index contributed by atoms with van der Waals surface area (Å²) in [6, 6.07) is 0.0716. The molecule has 1 N–H and O–H groups in total. The molecule has 4 nitrogen and oxygen atoms in total. The van der Waals surface area contributed by atoms with Gasteiger partial charge in [0.2, 0.25) is 0 Å². The summed E-state index contributed by atoms with van der Waals surface area (Å²) in [6.45, 7) is 10.4. The first-order chi connectivity index (χ1) is 7.67. The van der Waals surface area contributed by atoms with Crippen molar-refractivity contribution in [2.75, 3.05) is 13.2 Å². The van der Waals surface area contributed by atoms with Crippen molar-refractivity contribution < 1.29 is 14.6 Å². The molecule has 1 heterocycles. The van der Waals surface area contributed by atoms with Crippen LogP contribution in [0, 0.1) is 5.41 Å². The number of amides is 1. The summed E-state index contributed by atoms with van der Waals surface area (Å²) >= 11 is 0. The van der Waals surface area contributed by atoms with E-state index in [9.17, 15) is 9.90 Å². The molecule has 4 heteroatoms. The molecule has 1 atom stereocenters. The third kappa shape index (κ3) is 3.60. The molecule has 1 fully saturated rings. The number of nitrogens with zero attached hydrogens (tertiary/aromatic N) is 1. The molecule has 1 aliphatic heterocycles. The molecule has 0 aliphatic carbocycles. The molecule has 1 rings (SSSR count). The van der Waals surface area contributed by atoms with Crippen LogP contribution < -0.4 is 0 Å². The minimum atomic E-state index is -0.465. The van der Waals surface area contributed by atoms with E-state index < -0.39 is 5.60 Å². The van der Waals surface area contributed by atoms with Crippen molar-refractivity contribution >= 4 is 6.09 Å². The van der Waals surface area contributed by atoms with Crippen molar-refractivity contribution in [1.82, 2.24) is 4.90 Å². The zero-order chi connectivity index (χ0) is 13.3. The number of rotatable bonds is 2. The summed E-state index contributed by atoms with van der Waals surface area (Å²) in [5.74, 6) is 0. The molecule has 1 unspecified atom stereocenters. The lowest BCUT2D eigenvalue weighted by Gasteiger charge is -2.37. The van der Waals surface area contributed by atoms with Crippen LogP contribution in [0.4, 0.5) is 4.79 Å². The molecule has 0 aromatic heterocycles. The monoisotopic (exact) mass is 243 g/mol. The number of hydrogen-bond acceptors (Lipinski definition) is 3. The molecule has 0 aromatic rings. The smallest absolute Gasteiger partial charge is 0.410 e. The van der Waals surface area contributed by atoms with E-state index in [0.717, 1.165) is 19.4 Å². The van der Waals surface area contributed by atoms with Crippen molar-refractivity contribution in [2.24, 2.45) is 5.41 Å². The van der Waals surface area contributed by atoms with E-state index in [2.05, 4.69) is 0 Å². The van der Waals surface area contributed by atoms with Gasteiger partial charge in [-0.1, -0.05) is 13.8 Å². The van der Waals surface area contributed by atoms with Gasteiger partial charge >= 0.3 is 6.09 Å². The lowest BCUT2D eigenvalue weighted by Crippen LogP contribution is -2.47. The van der Waals surface area contributed by atoms with E-state index in [4.69, 9.17) is 4.74 Å². The van der Waals surface area contributed by atoms with Crippen LogP contribution in [-0.2, 0) is 4.74 Å². The summed E-state index contributed by atoms with van der Waals surface area (Å²) in [5.41, 5.74) is -0.735. The predicted molar refractivity (Wildman–Crippen MR) is 66.8 cm³/mol. The normalized spacial score (nSPS) is 21.8. The average Bonchev–Trinajstić information content (AvgIpc) is 2.63. The van der Waals surface area contributed by atoms with E-state index in [1.807, 2.05) is 34.6 Å². The Morgan fingerprint density at radius 3 is 2.41 bits per heavy atom. The topological polar surface area (TPSA) is 49.8 Å². The van der Waals surface area contributed by atoms with Crippen molar-refractivity contribution in [2.45, 2.75) is 59.1 Å². The Morgan fingerprint density at radius 2 is 1.94 bits per heavy atom. The van der Waals surface area contributed by atoms with Crippen LogP contribution in [0.3, 0.4) is 0 Å². The zero-order valence-electron chi connectivity index (χ0n) is 11.6. The third-order valence-electron chi connectivity index (χ3n) is 3.19. The van der Waals surface area contributed by atoms with Crippen LogP contribution in [0.25, 0.3) is 0 Å². The van der Waals surface area contributed by atoms with Gasteiger partial charge in [-0.15, -0.1) is 0 Å². The Balaban J connectivity index is 2.73. The highest BCUT2D eigenvalue weighted by molar-refractivity contribution is 5.69. The fourth-order valence-corrected chi connectivity index (χ4v) is 2.22. The molecular formula is C13H25NO3. The zero-order valence-corrected chi connectivity index (χ0v) is 11.6. The van der Waals surface area contributed by atoms with Gasteiger partial charge in [0.25, 0.3) is 0 Å². The van der Waals surface area contributed by atoms with Crippen LogP contribution in [0.1, 0.15) is 47.5 Å². The standard InChI is InChI=1S/C13H25NO3/c1-12(2,3)17-11(16)14-8-6-7-10(14)13(4,5)9-15/h10,15H,6-9H2,1-5H3. The quantitative estimate of drug-likeness (QED) is 0.810. The summed E-state index contributed by atoms with van der Waals surface area (Å²) in [7, 11) is 0. The second kappa shape index (κ2) is 4.84. The maximum atomic E-state index is 12.1. The highest BCUT2D eigenvalue weighted by Gasteiger charge is 2.40. The van der Waals surface area contributed by atoms with Gasteiger partial charge < -0.3 is 14.7 Å². The molecule has 0 aromatic carbocycles. The molecule has 1 aliphatic rings. The Hall–Kier alpha value is -0.770. The molecule has 0 bridgehead atoms. The second-order valence-electron chi connectivity index (χ2n) is 6.48. The van der Waals surface area contributed by atoms with Gasteiger partial charge in [-0.25, -0.2) is 4.79 Å².